The van der Waals surface area contributed by atoms with Gasteiger partial charge in [-0.3, -0.25) is 9.78 Å². The van der Waals surface area contributed by atoms with Crippen LogP contribution >= 0.6 is 23.2 Å². The number of rotatable bonds is 5. The van der Waals surface area contributed by atoms with Crippen LogP contribution in [0.25, 0.3) is 38.9 Å². The number of carbonyl (C=O) groups excluding carboxylic acids is 1. The van der Waals surface area contributed by atoms with E-state index >= 15 is 0 Å². The topological polar surface area (TPSA) is 97.4 Å². The number of nitrogens with zero attached hydrogens (tertiary/aromatic N) is 6. The Morgan fingerprint density at radius 2 is 1.93 bits per heavy atom. The zero-order valence-corrected chi connectivity index (χ0v) is 25.8. The molecule has 1 aliphatic rings. The molecule has 5 aromatic rings. The fourth-order valence-corrected chi connectivity index (χ4v) is 6.30. The number of anilines is 1. The van der Waals surface area contributed by atoms with Crippen LogP contribution < -0.4 is 10.6 Å². The number of furan rings is 1. The van der Waals surface area contributed by atoms with Crippen LogP contribution in [0.2, 0.25) is 10.0 Å². The van der Waals surface area contributed by atoms with Gasteiger partial charge in [0.2, 0.25) is 5.91 Å². The third-order valence-electron chi connectivity index (χ3n) is 7.92. The number of amides is 1. The average molecular weight is 618 g/mol. The van der Waals surface area contributed by atoms with Gasteiger partial charge in [-0.1, -0.05) is 43.6 Å². The van der Waals surface area contributed by atoms with Crippen molar-refractivity contribution in [1.29, 1.82) is 0 Å². The minimum absolute atomic E-state index is 0.0186. The first kappa shape index (κ1) is 28.9. The third kappa shape index (κ3) is 4.86. The largest absolute Gasteiger partial charge is 0.464 e. The molecule has 43 heavy (non-hydrogen) atoms. The molecule has 9 nitrogen and oxygen atoms in total. The van der Waals surface area contributed by atoms with Crippen LogP contribution in [-0.4, -0.2) is 56.0 Å². The lowest BCUT2D eigenvalue weighted by Gasteiger charge is -2.40. The van der Waals surface area contributed by atoms with Crippen LogP contribution in [0, 0.1) is 6.92 Å². The Morgan fingerprint density at radius 3 is 2.65 bits per heavy atom. The lowest BCUT2D eigenvalue weighted by molar-refractivity contribution is -0.126. The maximum atomic E-state index is 14.1. The molecule has 0 bridgehead atoms. The Morgan fingerprint density at radius 1 is 1.14 bits per heavy atom. The molecule has 0 spiro atoms. The molecule has 0 aliphatic carbocycles. The highest BCUT2D eigenvalue weighted by atomic mass is 35.5. The van der Waals surface area contributed by atoms with E-state index in [1.54, 1.807) is 29.5 Å². The molecule has 1 fully saturated rings. The van der Waals surface area contributed by atoms with Crippen molar-refractivity contribution in [3.05, 3.63) is 87.2 Å². The van der Waals surface area contributed by atoms with Crippen molar-refractivity contribution in [3.8, 4) is 16.9 Å². The minimum atomic E-state index is -0.500. The number of piperazine rings is 1. The van der Waals surface area contributed by atoms with Gasteiger partial charge >= 0.3 is 5.69 Å². The van der Waals surface area contributed by atoms with Gasteiger partial charge in [-0.25, -0.2) is 14.3 Å². The molecule has 1 amide bonds. The monoisotopic (exact) mass is 616 g/mol. The molecule has 1 saturated heterocycles. The molecule has 0 unspecified atom stereocenters. The molecular weight excluding hydrogens is 587 g/mol. The lowest BCUT2D eigenvalue weighted by atomic mass is 10.0. The average Bonchev–Trinajstić information content (AvgIpc) is 3.46. The second-order valence-electron chi connectivity index (χ2n) is 11.1. The molecular formula is C32H30Cl2N6O3. The molecule has 5 heterocycles. The molecule has 1 atom stereocenters. The highest BCUT2D eigenvalue weighted by Crippen LogP contribution is 2.41. The van der Waals surface area contributed by atoms with E-state index in [0.717, 1.165) is 16.6 Å². The van der Waals surface area contributed by atoms with Crippen molar-refractivity contribution < 1.29 is 9.21 Å². The maximum absolute atomic E-state index is 14.1. The van der Waals surface area contributed by atoms with Gasteiger partial charge in [0, 0.05) is 37.3 Å². The summed E-state index contributed by atoms with van der Waals surface area (Å²) in [6.07, 6.45) is 4.64. The maximum Gasteiger partial charge on any atom is 0.355 e. The number of benzene rings is 1. The van der Waals surface area contributed by atoms with Gasteiger partial charge in [-0.15, -0.1) is 0 Å². The van der Waals surface area contributed by atoms with Gasteiger partial charge in [0.05, 0.1) is 44.3 Å². The summed E-state index contributed by atoms with van der Waals surface area (Å²) < 4.78 is 7.33. The fourth-order valence-electron chi connectivity index (χ4n) is 5.82. The molecule has 0 saturated carbocycles. The number of fused-ring (bicyclic) bond motifs is 2. The number of pyridine rings is 2. The first-order chi connectivity index (χ1) is 20.6. The third-order valence-corrected chi connectivity index (χ3v) is 8.52. The first-order valence-corrected chi connectivity index (χ1v) is 14.8. The number of aryl methyl sites for hydroxylation is 1. The van der Waals surface area contributed by atoms with Gasteiger partial charge in [0.15, 0.2) is 5.65 Å². The zero-order valence-electron chi connectivity index (χ0n) is 24.3. The van der Waals surface area contributed by atoms with E-state index in [1.807, 2.05) is 50.8 Å². The van der Waals surface area contributed by atoms with Crippen molar-refractivity contribution in [3.63, 3.8) is 0 Å². The van der Waals surface area contributed by atoms with E-state index in [0.29, 0.717) is 69.1 Å². The Hall–Kier alpha value is -4.21. The molecule has 6 rings (SSSR count). The van der Waals surface area contributed by atoms with Crippen LogP contribution in [0.4, 0.5) is 5.82 Å². The van der Waals surface area contributed by atoms with Crippen molar-refractivity contribution >= 4 is 56.9 Å². The normalized spacial score (nSPS) is 15.6. The van der Waals surface area contributed by atoms with Crippen molar-refractivity contribution in [2.24, 2.45) is 0 Å². The predicted molar refractivity (Wildman–Crippen MR) is 171 cm³/mol. The zero-order chi connectivity index (χ0) is 30.6. The van der Waals surface area contributed by atoms with E-state index in [9.17, 15) is 9.59 Å². The number of hydrogen-bond donors (Lipinski definition) is 0. The van der Waals surface area contributed by atoms with E-state index in [1.165, 1.54) is 10.6 Å². The van der Waals surface area contributed by atoms with E-state index in [-0.39, 0.29) is 17.9 Å². The highest BCUT2D eigenvalue weighted by Gasteiger charge is 2.31. The summed E-state index contributed by atoms with van der Waals surface area (Å²) in [6, 6.07) is 8.99. The van der Waals surface area contributed by atoms with Crippen molar-refractivity contribution in [1.82, 2.24) is 24.4 Å². The second kappa shape index (κ2) is 11.1. The number of halogens is 2. The SMILES string of the molecule is C=CC(=O)N1CCN(c2nc(=O)n(-c3c(C)ccnc3C(C)C)c3nc(-c4c(Cl)ccc5ccoc45)c(Cl)cc23)[C@@H](C)C1. The van der Waals surface area contributed by atoms with E-state index in [4.69, 9.17) is 32.6 Å². The molecule has 4 aromatic heterocycles. The Kier molecular flexibility index (Phi) is 7.48. The summed E-state index contributed by atoms with van der Waals surface area (Å²) >= 11 is 13.7. The second-order valence-corrected chi connectivity index (χ2v) is 11.9. The quantitative estimate of drug-likeness (QED) is 0.206. The summed E-state index contributed by atoms with van der Waals surface area (Å²) in [4.78, 5) is 44.5. The minimum Gasteiger partial charge on any atom is -0.464 e. The summed E-state index contributed by atoms with van der Waals surface area (Å²) in [5.41, 5.74) is 3.55. The van der Waals surface area contributed by atoms with E-state index in [2.05, 4.69) is 16.5 Å². The standard InChI is InChI=1S/C32H30Cl2N6O3/c1-6-24(41)38-12-13-39(19(5)16-38)30-21-15-23(34)27(25-22(33)8-7-20-10-14-43-29(20)25)36-31(21)40(32(42)37-30)28-18(4)9-11-35-26(28)17(2)3/h6-11,14-15,17,19H,1,12-13,16H2,2-5H3/t19-/m0/s1. The van der Waals surface area contributed by atoms with E-state index < -0.39 is 5.69 Å². The number of aromatic nitrogens is 4. The van der Waals surface area contributed by atoms with Gasteiger partial charge in [-0.05, 0) is 61.7 Å². The van der Waals surface area contributed by atoms with Crippen LogP contribution in [0.1, 0.15) is 37.9 Å². The van der Waals surface area contributed by atoms with Crippen molar-refractivity contribution in [2.75, 3.05) is 24.5 Å². The summed E-state index contributed by atoms with van der Waals surface area (Å²) in [5, 5.41) is 2.17. The molecule has 11 heteroatoms. The van der Waals surface area contributed by atoms with Crippen LogP contribution in [0.3, 0.4) is 0 Å². The fraction of sp³-hybridized carbons (Fsp3) is 0.281. The summed E-state index contributed by atoms with van der Waals surface area (Å²) in [6.45, 7) is 13.0. The van der Waals surface area contributed by atoms with Gasteiger partial charge in [0.25, 0.3) is 0 Å². The predicted octanol–water partition coefficient (Wildman–Crippen LogP) is 6.55. The number of hydrogen-bond acceptors (Lipinski definition) is 7. The van der Waals surface area contributed by atoms with Crippen molar-refractivity contribution in [2.45, 2.75) is 39.7 Å². The smallest absolute Gasteiger partial charge is 0.355 e. The Balaban J connectivity index is 1.67. The molecule has 0 radical (unpaired) electrons. The molecule has 1 aromatic carbocycles. The van der Waals surface area contributed by atoms with Gasteiger partial charge in [0.1, 0.15) is 11.4 Å². The van der Waals surface area contributed by atoms with Crippen LogP contribution in [0.5, 0.6) is 0 Å². The molecule has 1 aliphatic heterocycles. The number of carbonyl (C=O) groups is 1. The first-order valence-electron chi connectivity index (χ1n) is 14.0. The Labute approximate surface area is 258 Å². The van der Waals surface area contributed by atoms with Gasteiger partial charge in [-0.2, -0.15) is 4.98 Å². The molecule has 0 N–H and O–H groups in total. The summed E-state index contributed by atoms with van der Waals surface area (Å²) in [5.74, 6) is 0.335. The Bertz CT molecular complexity index is 1980. The van der Waals surface area contributed by atoms with Crippen LogP contribution in [-0.2, 0) is 4.79 Å². The lowest BCUT2D eigenvalue weighted by Crippen LogP contribution is -2.54. The highest BCUT2D eigenvalue weighted by molar-refractivity contribution is 6.38. The van der Waals surface area contributed by atoms with Gasteiger partial charge < -0.3 is 14.2 Å². The molecule has 220 valence electrons. The summed E-state index contributed by atoms with van der Waals surface area (Å²) in [7, 11) is 0. The van der Waals surface area contributed by atoms with Crippen LogP contribution in [0.15, 0.2) is 64.7 Å².